The van der Waals surface area contributed by atoms with Gasteiger partial charge in [-0.3, -0.25) is 24.1 Å². The number of likely N-dealkylation sites (tertiary alicyclic amines) is 1. The maximum atomic E-state index is 13.6. The number of esters is 1. The summed E-state index contributed by atoms with van der Waals surface area (Å²) in [5.41, 5.74) is -0.0880. The zero-order valence-electron chi connectivity index (χ0n) is 14.8. The lowest BCUT2D eigenvalue weighted by molar-refractivity contribution is -0.148. The molecule has 1 fully saturated rings. The molecular formula is C19H18ClFN2O5. The molecule has 0 aromatic heterocycles. The predicted octanol–water partition coefficient (Wildman–Crippen LogP) is 2.30. The van der Waals surface area contributed by atoms with Gasteiger partial charge in [-0.05, 0) is 31.0 Å². The molecule has 0 radical (unpaired) electrons. The molecule has 1 aliphatic carbocycles. The highest BCUT2D eigenvalue weighted by molar-refractivity contribution is 6.30. The minimum atomic E-state index is -0.736. The Labute approximate surface area is 165 Å². The Bertz CT molecular complexity index is 831. The van der Waals surface area contributed by atoms with Gasteiger partial charge in [0.1, 0.15) is 5.82 Å². The summed E-state index contributed by atoms with van der Waals surface area (Å²) < 4.78 is 18.4. The van der Waals surface area contributed by atoms with E-state index in [9.17, 15) is 23.6 Å². The minimum Gasteiger partial charge on any atom is -0.456 e. The molecule has 0 unspecified atom stereocenters. The number of hydrogen-bond donors (Lipinski definition) is 1. The molecular weight excluding hydrogens is 391 g/mol. The maximum Gasteiger partial charge on any atom is 0.308 e. The molecule has 0 spiro atoms. The Morgan fingerprint density at radius 3 is 2.43 bits per heavy atom. The molecule has 0 bridgehead atoms. The van der Waals surface area contributed by atoms with Crippen molar-refractivity contribution in [3.63, 3.8) is 0 Å². The molecule has 2 aliphatic rings. The summed E-state index contributed by atoms with van der Waals surface area (Å²) in [5, 5.41) is 2.45. The number of imide groups is 1. The van der Waals surface area contributed by atoms with Crippen LogP contribution in [0.3, 0.4) is 0 Å². The Hall–Kier alpha value is -2.74. The number of benzene rings is 1. The van der Waals surface area contributed by atoms with Crippen LogP contribution >= 0.6 is 11.6 Å². The molecule has 1 heterocycles. The molecule has 28 heavy (non-hydrogen) atoms. The first kappa shape index (κ1) is 20.0. The number of hydrogen-bond acceptors (Lipinski definition) is 5. The van der Waals surface area contributed by atoms with Gasteiger partial charge in [0.25, 0.3) is 5.91 Å². The fourth-order valence-electron chi connectivity index (χ4n) is 3.29. The summed E-state index contributed by atoms with van der Waals surface area (Å²) in [6, 6.07) is 3.74. The van der Waals surface area contributed by atoms with E-state index in [2.05, 4.69) is 5.32 Å². The van der Waals surface area contributed by atoms with E-state index in [1.807, 2.05) is 12.2 Å². The van der Waals surface area contributed by atoms with E-state index in [0.29, 0.717) is 12.8 Å². The van der Waals surface area contributed by atoms with Gasteiger partial charge in [-0.25, -0.2) is 4.39 Å². The average molecular weight is 409 g/mol. The predicted molar refractivity (Wildman–Crippen MR) is 97.7 cm³/mol. The summed E-state index contributed by atoms with van der Waals surface area (Å²) in [4.78, 5) is 49.3. The van der Waals surface area contributed by atoms with E-state index in [-0.39, 0.29) is 47.3 Å². The van der Waals surface area contributed by atoms with Crippen molar-refractivity contribution in [1.82, 2.24) is 4.90 Å². The fraction of sp³-hybridized carbons (Fsp3) is 0.368. The lowest BCUT2D eigenvalue weighted by Gasteiger charge is -2.14. The summed E-state index contributed by atoms with van der Waals surface area (Å²) in [7, 11) is 0. The normalized spacial score (nSPS) is 20.9. The van der Waals surface area contributed by atoms with Crippen molar-refractivity contribution in [2.45, 2.75) is 19.3 Å². The molecule has 7 nitrogen and oxygen atoms in total. The van der Waals surface area contributed by atoms with Gasteiger partial charge in [0.15, 0.2) is 6.61 Å². The number of anilines is 1. The molecule has 3 amide bonds. The largest absolute Gasteiger partial charge is 0.456 e. The van der Waals surface area contributed by atoms with Crippen LogP contribution in [0.4, 0.5) is 10.1 Å². The van der Waals surface area contributed by atoms with Crippen molar-refractivity contribution < 1.29 is 28.3 Å². The number of ether oxygens (including phenoxy) is 1. The van der Waals surface area contributed by atoms with Gasteiger partial charge >= 0.3 is 5.97 Å². The number of carbonyl (C=O) groups is 4. The van der Waals surface area contributed by atoms with E-state index < -0.39 is 24.3 Å². The first-order valence-corrected chi connectivity index (χ1v) is 9.15. The van der Waals surface area contributed by atoms with Crippen molar-refractivity contribution in [3.05, 3.63) is 41.2 Å². The third-order valence-corrected chi connectivity index (χ3v) is 4.94. The Morgan fingerprint density at radius 1 is 1.18 bits per heavy atom. The third-order valence-electron chi connectivity index (χ3n) is 4.71. The molecule has 1 aromatic rings. The van der Waals surface area contributed by atoms with E-state index in [0.717, 1.165) is 11.0 Å². The summed E-state index contributed by atoms with van der Waals surface area (Å²) in [6.07, 6.45) is 4.60. The Morgan fingerprint density at radius 2 is 1.82 bits per heavy atom. The van der Waals surface area contributed by atoms with Gasteiger partial charge in [0.2, 0.25) is 11.8 Å². The van der Waals surface area contributed by atoms with Gasteiger partial charge in [0.05, 0.1) is 23.9 Å². The smallest absolute Gasteiger partial charge is 0.308 e. The second-order valence-electron chi connectivity index (χ2n) is 6.57. The molecule has 1 N–H and O–H groups in total. The summed E-state index contributed by atoms with van der Waals surface area (Å²) in [6.45, 7) is -0.700. The summed E-state index contributed by atoms with van der Waals surface area (Å²) >= 11 is 5.63. The van der Waals surface area contributed by atoms with Crippen LogP contribution in [-0.4, -0.2) is 41.7 Å². The van der Waals surface area contributed by atoms with Crippen molar-refractivity contribution in [2.24, 2.45) is 11.8 Å². The van der Waals surface area contributed by atoms with Gasteiger partial charge in [-0.2, -0.15) is 0 Å². The molecule has 148 valence electrons. The summed E-state index contributed by atoms with van der Waals surface area (Å²) in [5.74, 6) is -3.43. The van der Waals surface area contributed by atoms with Gasteiger partial charge < -0.3 is 10.1 Å². The van der Waals surface area contributed by atoms with Crippen molar-refractivity contribution in [2.75, 3.05) is 18.5 Å². The number of allylic oxidation sites excluding steroid dienone is 2. The number of halogens is 2. The zero-order chi connectivity index (χ0) is 20.3. The van der Waals surface area contributed by atoms with E-state index in [4.69, 9.17) is 16.3 Å². The Balaban J connectivity index is 1.44. The SMILES string of the molecule is O=C(COC(=O)CCN1C(=O)[C@H]2CC=CC[C@H]2C1=O)Nc1ccc(Cl)cc1F. The first-order chi connectivity index (χ1) is 13.4. The van der Waals surface area contributed by atoms with Crippen LogP contribution in [-0.2, 0) is 23.9 Å². The third kappa shape index (κ3) is 4.39. The standard InChI is InChI=1S/C19H18ClFN2O5/c20-11-5-6-15(14(21)9-11)22-16(24)10-28-17(25)7-8-23-18(26)12-3-1-2-4-13(12)19(23)27/h1-2,5-6,9,12-13H,3-4,7-8,10H2,(H,22,24)/t12-,13+. The number of nitrogens with zero attached hydrogens (tertiary/aromatic N) is 1. The average Bonchev–Trinajstić information content (AvgIpc) is 2.91. The quantitative estimate of drug-likeness (QED) is 0.443. The van der Waals surface area contributed by atoms with Gasteiger partial charge in [-0.1, -0.05) is 23.8 Å². The Kier molecular flexibility index (Phi) is 6.08. The molecule has 2 atom stereocenters. The fourth-order valence-corrected chi connectivity index (χ4v) is 3.45. The number of nitrogens with one attached hydrogen (secondary N) is 1. The van der Waals surface area contributed by atoms with Crippen LogP contribution in [0.5, 0.6) is 0 Å². The first-order valence-electron chi connectivity index (χ1n) is 8.77. The van der Waals surface area contributed by atoms with Crippen LogP contribution in [0.2, 0.25) is 5.02 Å². The van der Waals surface area contributed by atoms with E-state index >= 15 is 0 Å². The highest BCUT2D eigenvalue weighted by Crippen LogP contribution is 2.35. The number of fused-ring (bicyclic) bond motifs is 1. The van der Waals surface area contributed by atoms with Crippen LogP contribution < -0.4 is 5.32 Å². The van der Waals surface area contributed by atoms with Crippen molar-refractivity contribution in [3.8, 4) is 0 Å². The highest BCUT2D eigenvalue weighted by atomic mass is 35.5. The second-order valence-corrected chi connectivity index (χ2v) is 7.00. The van der Waals surface area contributed by atoms with Crippen LogP contribution in [0.15, 0.2) is 30.4 Å². The molecule has 9 heteroatoms. The van der Waals surface area contributed by atoms with Crippen LogP contribution in [0, 0.1) is 17.7 Å². The lowest BCUT2D eigenvalue weighted by atomic mass is 9.85. The maximum absolute atomic E-state index is 13.6. The minimum absolute atomic E-state index is 0.0864. The van der Waals surface area contributed by atoms with Gasteiger partial charge in [-0.15, -0.1) is 0 Å². The van der Waals surface area contributed by atoms with E-state index in [1.165, 1.54) is 12.1 Å². The zero-order valence-corrected chi connectivity index (χ0v) is 15.6. The molecule has 1 saturated heterocycles. The van der Waals surface area contributed by atoms with Crippen molar-refractivity contribution in [1.29, 1.82) is 0 Å². The topological polar surface area (TPSA) is 92.8 Å². The molecule has 3 rings (SSSR count). The molecule has 0 saturated carbocycles. The second kappa shape index (κ2) is 8.52. The van der Waals surface area contributed by atoms with Crippen molar-refractivity contribution >= 4 is 41.0 Å². The van der Waals surface area contributed by atoms with E-state index in [1.54, 1.807) is 0 Å². The van der Waals surface area contributed by atoms with Gasteiger partial charge in [0, 0.05) is 11.6 Å². The molecule has 1 aromatic carbocycles. The molecule has 1 aliphatic heterocycles. The number of carbonyl (C=O) groups excluding carboxylic acids is 4. The van der Waals surface area contributed by atoms with Crippen LogP contribution in [0.1, 0.15) is 19.3 Å². The van der Waals surface area contributed by atoms with Crippen LogP contribution in [0.25, 0.3) is 0 Å². The highest BCUT2D eigenvalue weighted by Gasteiger charge is 2.46. The number of amides is 3. The number of rotatable bonds is 6. The monoisotopic (exact) mass is 408 g/mol. The lowest BCUT2D eigenvalue weighted by Crippen LogP contribution is -2.33.